The predicted molar refractivity (Wildman–Crippen MR) is 74.8 cm³/mol. The van der Waals surface area contributed by atoms with Crippen molar-refractivity contribution in [3.63, 3.8) is 0 Å². The Kier molecular flexibility index (Phi) is 4.75. The lowest BCUT2D eigenvalue weighted by Crippen LogP contribution is -2.48. The van der Waals surface area contributed by atoms with Crippen molar-refractivity contribution in [1.29, 1.82) is 0 Å². The topological polar surface area (TPSA) is 24.5 Å². The van der Waals surface area contributed by atoms with E-state index in [4.69, 9.17) is 4.74 Å². The Bertz CT molecular complexity index is 248. The first-order valence-electron chi connectivity index (χ1n) is 6.78. The second-order valence-corrected chi connectivity index (χ2v) is 7.61. The largest absolute Gasteiger partial charge is 0.379 e. The Morgan fingerprint density at radius 1 is 1.41 bits per heavy atom. The summed E-state index contributed by atoms with van der Waals surface area (Å²) in [5.41, 5.74) is 0. The van der Waals surface area contributed by atoms with E-state index in [1.165, 1.54) is 25.4 Å². The zero-order valence-electron chi connectivity index (χ0n) is 11.4. The van der Waals surface area contributed by atoms with Gasteiger partial charge in [0.2, 0.25) is 0 Å². The molecule has 17 heavy (non-hydrogen) atoms. The van der Waals surface area contributed by atoms with Gasteiger partial charge in [-0.05, 0) is 20.4 Å². The van der Waals surface area contributed by atoms with Gasteiger partial charge in [0.1, 0.15) is 0 Å². The molecule has 2 atom stereocenters. The molecule has 2 heterocycles. The molecule has 0 radical (unpaired) electrons. The Labute approximate surface area is 110 Å². The van der Waals surface area contributed by atoms with Crippen LogP contribution in [0, 0.1) is 5.92 Å². The van der Waals surface area contributed by atoms with Crippen LogP contribution in [0.15, 0.2) is 0 Å². The van der Waals surface area contributed by atoms with Crippen LogP contribution in [0.5, 0.6) is 0 Å². The van der Waals surface area contributed by atoms with E-state index in [0.29, 0.717) is 16.7 Å². The van der Waals surface area contributed by atoms with E-state index in [9.17, 15) is 0 Å². The fourth-order valence-electron chi connectivity index (χ4n) is 2.87. The van der Waals surface area contributed by atoms with Crippen molar-refractivity contribution in [2.75, 3.05) is 45.1 Å². The first-order valence-corrected chi connectivity index (χ1v) is 7.77. The van der Waals surface area contributed by atoms with Crippen LogP contribution in [0.4, 0.5) is 0 Å². The third-order valence-corrected chi connectivity index (χ3v) is 4.96. The zero-order valence-corrected chi connectivity index (χ0v) is 12.2. The van der Waals surface area contributed by atoms with E-state index in [2.05, 4.69) is 42.7 Å². The highest BCUT2D eigenvalue weighted by Gasteiger charge is 2.33. The fourth-order valence-corrected chi connectivity index (χ4v) is 4.04. The maximum Gasteiger partial charge on any atom is 0.0623 e. The van der Waals surface area contributed by atoms with Gasteiger partial charge in [-0.2, -0.15) is 11.8 Å². The van der Waals surface area contributed by atoms with Gasteiger partial charge in [0, 0.05) is 42.1 Å². The van der Waals surface area contributed by atoms with Gasteiger partial charge in [0.15, 0.2) is 0 Å². The molecular weight excluding hydrogens is 232 g/mol. The molecule has 2 unspecified atom stereocenters. The Morgan fingerprint density at radius 2 is 2.24 bits per heavy atom. The maximum atomic E-state index is 5.62. The number of ether oxygens (including phenoxy) is 1. The molecule has 2 saturated heterocycles. The summed E-state index contributed by atoms with van der Waals surface area (Å²) in [6.45, 7) is 13.4. The summed E-state index contributed by atoms with van der Waals surface area (Å²) in [6.07, 6.45) is 0. The van der Waals surface area contributed by atoms with Crippen LogP contribution in [0.25, 0.3) is 0 Å². The minimum atomic E-state index is 0.422. The van der Waals surface area contributed by atoms with Crippen molar-refractivity contribution in [1.82, 2.24) is 10.2 Å². The summed E-state index contributed by atoms with van der Waals surface area (Å²) < 4.78 is 6.04. The summed E-state index contributed by atoms with van der Waals surface area (Å²) in [7, 11) is 0. The minimum Gasteiger partial charge on any atom is -0.379 e. The standard InChI is InChI=1S/C13H26N2OS/c1-4-14-12-9-16-8-11(12)7-15-5-6-17-13(2,3)10-15/h11-12,14H,4-10H2,1-3H3. The summed E-state index contributed by atoms with van der Waals surface area (Å²) in [5, 5.41) is 3.55. The van der Waals surface area contributed by atoms with Crippen LogP contribution in [0.3, 0.4) is 0 Å². The Hall–Kier alpha value is 0.230. The number of hydrogen-bond donors (Lipinski definition) is 1. The molecule has 0 aromatic rings. The molecule has 4 heteroatoms. The molecule has 2 rings (SSSR count). The lowest BCUT2D eigenvalue weighted by Gasteiger charge is -2.39. The van der Waals surface area contributed by atoms with Crippen LogP contribution >= 0.6 is 11.8 Å². The molecule has 1 N–H and O–H groups in total. The first-order chi connectivity index (χ1) is 8.11. The smallest absolute Gasteiger partial charge is 0.0623 e. The van der Waals surface area contributed by atoms with Crippen LogP contribution in [-0.2, 0) is 4.74 Å². The fraction of sp³-hybridized carbons (Fsp3) is 1.00. The van der Waals surface area contributed by atoms with Gasteiger partial charge in [0.05, 0.1) is 13.2 Å². The van der Waals surface area contributed by atoms with Crippen molar-refractivity contribution < 1.29 is 4.74 Å². The molecule has 0 amide bonds. The van der Waals surface area contributed by atoms with Gasteiger partial charge in [-0.15, -0.1) is 0 Å². The number of hydrogen-bond acceptors (Lipinski definition) is 4. The molecule has 0 aliphatic carbocycles. The van der Waals surface area contributed by atoms with E-state index in [0.717, 1.165) is 19.8 Å². The van der Waals surface area contributed by atoms with Crippen molar-refractivity contribution >= 4 is 11.8 Å². The summed E-state index contributed by atoms with van der Waals surface area (Å²) in [6, 6.07) is 0.567. The predicted octanol–water partition coefficient (Wildman–Crippen LogP) is 1.44. The highest BCUT2D eigenvalue weighted by Crippen LogP contribution is 2.30. The minimum absolute atomic E-state index is 0.422. The van der Waals surface area contributed by atoms with Gasteiger partial charge in [-0.25, -0.2) is 0 Å². The number of likely N-dealkylation sites (N-methyl/N-ethyl adjacent to an activating group) is 1. The highest BCUT2D eigenvalue weighted by atomic mass is 32.2. The van der Waals surface area contributed by atoms with Gasteiger partial charge >= 0.3 is 0 Å². The van der Waals surface area contributed by atoms with Gasteiger partial charge in [-0.1, -0.05) is 6.92 Å². The summed E-state index contributed by atoms with van der Waals surface area (Å²) in [5.74, 6) is 1.95. The number of nitrogens with one attached hydrogen (secondary N) is 1. The number of thioether (sulfide) groups is 1. The Morgan fingerprint density at radius 3 is 2.94 bits per heavy atom. The zero-order chi connectivity index (χ0) is 12.3. The number of nitrogens with zero attached hydrogens (tertiary/aromatic N) is 1. The van der Waals surface area contributed by atoms with Crippen LogP contribution in [0.1, 0.15) is 20.8 Å². The third kappa shape index (κ3) is 3.85. The summed E-state index contributed by atoms with van der Waals surface area (Å²) >= 11 is 2.10. The molecule has 0 bridgehead atoms. The molecular formula is C13H26N2OS. The molecule has 100 valence electrons. The van der Waals surface area contributed by atoms with E-state index >= 15 is 0 Å². The molecule has 0 aromatic carbocycles. The third-order valence-electron chi connectivity index (χ3n) is 3.66. The first kappa shape index (κ1) is 13.7. The number of rotatable bonds is 4. The molecule has 2 aliphatic heterocycles. The van der Waals surface area contributed by atoms with Crippen molar-refractivity contribution in [3.8, 4) is 0 Å². The average molecular weight is 258 g/mol. The maximum absolute atomic E-state index is 5.62. The molecule has 2 fully saturated rings. The van der Waals surface area contributed by atoms with E-state index < -0.39 is 0 Å². The van der Waals surface area contributed by atoms with Gasteiger partial charge in [0.25, 0.3) is 0 Å². The monoisotopic (exact) mass is 258 g/mol. The second-order valence-electron chi connectivity index (χ2n) is 5.80. The Balaban J connectivity index is 1.83. The van der Waals surface area contributed by atoms with Crippen molar-refractivity contribution in [3.05, 3.63) is 0 Å². The van der Waals surface area contributed by atoms with Crippen LogP contribution in [-0.4, -0.2) is 60.8 Å². The van der Waals surface area contributed by atoms with Crippen molar-refractivity contribution in [2.24, 2.45) is 5.92 Å². The molecule has 3 nitrogen and oxygen atoms in total. The van der Waals surface area contributed by atoms with Crippen LogP contribution < -0.4 is 5.32 Å². The van der Waals surface area contributed by atoms with Crippen LogP contribution in [0.2, 0.25) is 0 Å². The molecule has 0 aromatic heterocycles. The molecule has 2 aliphatic rings. The lowest BCUT2D eigenvalue weighted by atomic mass is 10.0. The quantitative estimate of drug-likeness (QED) is 0.825. The SMILES string of the molecule is CCNC1COCC1CN1CCSC(C)(C)C1. The summed E-state index contributed by atoms with van der Waals surface area (Å²) in [4.78, 5) is 2.63. The van der Waals surface area contributed by atoms with Gasteiger partial charge < -0.3 is 15.0 Å². The molecule has 0 saturated carbocycles. The average Bonchev–Trinajstić information content (AvgIpc) is 2.65. The molecule has 0 spiro atoms. The van der Waals surface area contributed by atoms with E-state index in [1.54, 1.807) is 0 Å². The van der Waals surface area contributed by atoms with E-state index in [-0.39, 0.29) is 0 Å². The van der Waals surface area contributed by atoms with Crippen molar-refractivity contribution in [2.45, 2.75) is 31.6 Å². The second kappa shape index (κ2) is 5.91. The normalized spacial score (nSPS) is 34.1. The van der Waals surface area contributed by atoms with E-state index in [1.807, 2.05) is 0 Å². The lowest BCUT2D eigenvalue weighted by molar-refractivity contribution is 0.164. The van der Waals surface area contributed by atoms with Gasteiger partial charge in [-0.3, -0.25) is 0 Å². The highest BCUT2D eigenvalue weighted by molar-refractivity contribution is 8.00.